The van der Waals surface area contributed by atoms with Gasteiger partial charge in [0, 0.05) is 4.47 Å². The number of rotatable bonds is 1. The van der Waals surface area contributed by atoms with Gasteiger partial charge in [-0.3, -0.25) is 0 Å². The standard InChI is InChI=1S/C13H13Br/c14-12-4-2-10(3-5-12)11-8-13(9-11)6-1-7-13/h2-5,8H,1,6-7,9H2. The van der Waals surface area contributed by atoms with Gasteiger partial charge in [-0.25, -0.2) is 0 Å². The minimum Gasteiger partial charge on any atom is -0.0741 e. The van der Waals surface area contributed by atoms with Crippen molar-refractivity contribution in [1.29, 1.82) is 0 Å². The highest BCUT2D eigenvalue weighted by Gasteiger charge is 2.41. The molecular weight excluding hydrogens is 236 g/mol. The van der Waals surface area contributed by atoms with Gasteiger partial charge in [0.25, 0.3) is 0 Å². The maximum absolute atomic E-state index is 3.46. The van der Waals surface area contributed by atoms with Gasteiger partial charge in [0.1, 0.15) is 0 Å². The predicted octanol–water partition coefficient (Wildman–Crippen LogP) is 4.41. The molecule has 0 aromatic heterocycles. The Kier molecular flexibility index (Phi) is 1.85. The van der Waals surface area contributed by atoms with E-state index in [-0.39, 0.29) is 0 Å². The SMILES string of the molecule is Brc1ccc(C2=CC3(CCC3)C2)cc1. The molecule has 1 saturated carbocycles. The average molecular weight is 249 g/mol. The van der Waals surface area contributed by atoms with Crippen LogP contribution in [0.15, 0.2) is 34.8 Å². The second kappa shape index (κ2) is 2.96. The van der Waals surface area contributed by atoms with Crippen molar-refractivity contribution < 1.29 is 0 Å². The zero-order valence-electron chi connectivity index (χ0n) is 8.09. The third-order valence-electron chi connectivity index (χ3n) is 3.59. The molecular formula is C13H13Br. The van der Waals surface area contributed by atoms with Gasteiger partial charge in [-0.15, -0.1) is 0 Å². The molecule has 0 bridgehead atoms. The van der Waals surface area contributed by atoms with Crippen LogP contribution in [0.1, 0.15) is 31.2 Å². The zero-order valence-corrected chi connectivity index (χ0v) is 9.68. The molecule has 14 heavy (non-hydrogen) atoms. The van der Waals surface area contributed by atoms with Crippen molar-refractivity contribution >= 4 is 21.5 Å². The number of halogens is 1. The molecule has 1 fully saturated rings. The first-order valence-corrected chi connectivity index (χ1v) is 6.04. The lowest BCUT2D eigenvalue weighted by atomic mass is 9.57. The van der Waals surface area contributed by atoms with E-state index in [0.29, 0.717) is 5.41 Å². The number of hydrogen-bond donors (Lipinski definition) is 0. The van der Waals surface area contributed by atoms with Crippen LogP contribution in [-0.4, -0.2) is 0 Å². The van der Waals surface area contributed by atoms with Crippen LogP contribution in [0.5, 0.6) is 0 Å². The zero-order chi connectivity index (χ0) is 9.60. The molecule has 72 valence electrons. The van der Waals surface area contributed by atoms with Crippen LogP contribution in [0.25, 0.3) is 5.57 Å². The molecule has 1 aromatic carbocycles. The molecule has 1 heteroatoms. The van der Waals surface area contributed by atoms with Crippen molar-refractivity contribution in [2.45, 2.75) is 25.7 Å². The van der Waals surface area contributed by atoms with Crippen LogP contribution in [0, 0.1) is 5.41 Å². The normalized spacial score (nSPS) is 22.5. The minimum absolute atomic E-state index is 0.641. The quantitative estimate of drug-likeness (QED) is 0.691. The molecule has 0 N–H and O–H groups in total. The summed E-state index contributed by atoms with van der Waals surface area (Å²) >= 11 is 3.46. The molecule has 0 aliphatic heterocycles. The van der Waals surface area contributed by atoms with Gasteiger partial charge in [0.2, 0.25) is 0 Å². The minimum atomic E-state index is 0.641. The van der Waals surface area contributed by atoms with Gasteiger partial charge in [0.05, 0.1) is 0 Å². The topological polar surface area (TPSA) is 0 Å². The molecule has 1 aromatic rings. The molecule has 0 radical (unpaired) electrons. The van der Waals surface area contributed by atoms with Crippen molar-refractivity contribution in [3.63, 3.8) is 0 Å². The van der Waals surface area contributed by atoms with Gasteiger partial charge < -0.3 is 0 Å². The second-order valence-electron chi connectivity index (χ2n) is 4.57. The number of allylic oxidation sites excluding steroid dienone is 2. The Hall–Kier alpha value is -0.560. The number of hydrogen-bond acceptors (Lipinski definition) is 0. The number of benzene rings is 1. The lowest BCUT2D eigenvalue weighted by Crippen LogP contribution is -2.33. The van der Waals surface area contributed by atoms with Crippen LogP contribution in [0.4, 0.5) is 0 Å². The molecule has 3 rings (SSSR count). The highest BCUT2D eigenvalue weighted by atomic mass is 79.9. The molecule has 2 aliphatic carbocycles. The predicted molar refractivity (Wildman–Crippen MR) is 63.0 cm³/mol. The summed E-state index contributed by atoms with van der Waals surface area (Å²) in [5, 5.41) is 0. The van der Waals surface area contributed by atoms with Crippen LogP contribution in [-0.2, 0) is 0 Å². The van der Waals surface area contributed by atoms with Crippen LogP contribution >= 0.6 is 15.9 Å². The van der Waals surface area contributed by atoms with Crippen molar-refractivity contribution in [2.24, 2.45) is 5.41 Å². The summed E-state index contributed by atoms with van der Waals surface area (Å²) in [6, 6.07) is 8.67. The summed E-state index contributed by atoms with van der Waals surface area (Å²) in [7, 11) is 0. The van der Waals surface area contributed by atoms with E-state index in [4.69, 9.17) is 0 Å². The first-order chi connectivity index (χ1) is 6.77. The Morgan fingerprint density at radius 2 is 1.71 bits per heavy atom. The van der Waals surface area contributed by atoms with Crippen LogP contribution in [0.2, 0.25) is 0 Å². The van der Waals surface area contributed by atoms with Crippen LogP contribution in [0.3, 0.4) is 0 Å². The monoisotopic (exact) mass is 248 g/mol. The van der Waals surface area contributed by atoms with E-state index < -0.39 is 0 Å². The van der Waals surface area contributed by atoms with Gasteiger partial charge in [-0.1, -0.05) is 40.6 Å². The van der Waals surface area contributed by atoms with E-state index in [2.05, 4.69) is 46.3 Å². The average Bonchev–Trinajstić information content (AvgIpc) is 2.03. The Labute approximate surface area is 93.2 Å². The summed E-state index contributed by atoms with van der Waals surface area (Å²) < 4.78 is 1.17. The van der Waals surface area contributed by atoms with Crippen molar-refractivity contribution in [1.82, 2.24) is 0 Å². The Bertz CT molecular complexity index is 382. The summed E-state index contributed by atoms with van der Waals surface area (Å²) in [5.74, 6) is 0. The maximum Gasteiger partial charge on any atom is 0.0175 e. The summed E-state index contributed by atoms with van der Waals surface area (Å²) in [6.07, 6.45) is 8.10. The van der Waals surface area contributed by atoms with Gasteiger partial charge in [-0.05, 0) is 47.9 Å². The summed E-state index contributed by atoms with van der Waals surface area (Å²) in [4.78, 5) is 0. The highest BCUT2D eigenvalue weighted by molar-refractivity contribution is 9.10. The highest BCUT2D eigenvalue weighted by Crippen LogP contribution is 2.56. The van der Waals surface area contributed by atoms with Crippen molar-refractivity contribution in [2.75, 3.05) is 0 Å². The molecule has 0 unspecified atom stereocenters. The van der Waals surface area contributed by atoms with Gasteiger partial charge >= 0.3 is 0 Å². The fourth-order valence-corrected chi connectivity index (χ4v) is 2.79. The van der Waals surface area contributed by atoms with E-state index in [0.717, 1.165) is 0 Å². The fourth-order valence-electron chi connectivity index (χ4n) is 2.52. The van der Waals surface area contributed by atoms with E-state index in [1.165, 1.54) is 35.7 Å². The smallest absolute Gasteiger partial charge is 0.0175 e. The third kappa shape index (κ3) is 1.26. The lowest BCUT2D eigenvalue weighted by molar-refractivity contribution is 0.191. The Morgan fingerprint density at radius 3 is 2.21 bits per heavy atom. The Balaban J connectivity index is 1.85. The Morgan fingerprint density at radius 1 is 1.07 bits per heavy atom. The molecule has 2 aliphatic rings. The molecule has 0 atom stereocenters. The van der Waals surface area contributed by atoms with E-state index in [1.807, 2.05) is 0 Å². The summed E-state index contributed by atoms with van der Waals surface area (Å²) in [6.45, 7) is 0. The van der Waals surface area contributed by atoms with E-state index in [1.54, 1.807) is 5.57 Å². The maximum atomic E-state index is 3.46. The van der Waals surface area contributed by atoms with E-state index >= 15 is 0 Å². The van der Waals surface area contributed by atoms with Gasteiger partial charge in [-0.2, -0.15) is 0 Å². The lowest BCUT2D eigenvalue weighted by Gasteiger charge is -2.47. The molecule has 0 amide bonds. The molecule has 0 heterocycles. The molecule has 0 nitrogen and oxygen atoms in total. The second-order valence-corrected chi connectivity index (χ2v) is 5.48. The van der Waals surface area contributed by atoms with Crippen LogP contribution < -0.4 is 0 Å². The third-order valence-corrected chi connectivity index (χ3v) is 4.12. The largest absolute Gasteiger partial charge is 0.0741 e. The van der Waals surface area contributed by atoms with Gasteiger partial charge in [0.15, 0.2) is 0 Å². The first-order valence-electron chi connectivity index (χ1n) is 5.25. The van der Waals surface area contributed by atoms with Crippen molar-refractivity contribution in [3.8, 4) is 0 Å². The first kappa shape index (κ1) is 8.72. The molecule has 1 spiro atoms. The van der Waals surface area contributed by atoms with E-state index in [9.17, 15) is 0 Å². The summed E-state index contributed by atoms with van der Waals surface area (Å²) in [5.41, 5.74) is 3.60. The van der Waals surface area contributed by atoms with Crippen molar-refractivity contribution in [3.05, 3.63) is 40.4 Å². The molecule has 0 saturated heterocycles. The fraction of sp³-hybridized carbons (Fsp3) is 0.385.